The molecule has 22 heavy (non-hydrogen) atoms. The molecular weight excluding hydrogens is 270 g/mol. The van der Waals surface area contributed by atoms with Crippen molar-refractivity contribution in [2.45, 2.75) is 18.9 Å². The van der Waals surface area contributed by atoms with Crippen LogP contribution >= 0.6 is 0 Å². The van der Waals surface area contributed by atoms with Gasteiger partial charge in [0.05, 0.1) is 6.10 Å². The van der Waals surface area contributed by atoms with Crippen LogP contribution < -0.4 is 0 Å². The molecule has 0 spiro atoms. The SMILES string of the molecule is CN(C)CC(O)C=C1c2ccccc2CCc2ccccc21. The molecule has 114 valence electrons. The van der Waals surface area contributed by atoms with Crippen molar-refractivity contribution in [2.24, 2.45) is 0 Å². The standard InChI is InChI=1S/C20H23NO/c1-21(2)14-17(22)13-20-18-9-5-3-7-15(18)11-12-16-8-4-6-10-19(16)20/h3-10,13,17,22H,11-12,14H2,1-2H3. The highest BCUT2D eigenvalue weighted by Gasteiger charge is 2.18. The van der Waals surface area contributed by atoms with Crippen molar-refractivity contribution in [2.75, 3.05) is 20.6 Å². The van der Waals surface area contributed by atoms with Crippen molar-refractivity contribution in [3.05, 3.63) is 76.9 Å². The van der Waals surface area contributed by atoms with Crippen molar-refractivity contribution >= 4 is 5.57 Å². The molecule has 2 nitrogen and oxygen atoms in total. The lowest BCUT2D eigenvalue weighted by atomic mass is 9.93. The van der Waals surface area contributed by atoms with Gasteiger partial charge in [-0.05, 0) is 60.8 Å². The molecule has 0 bridgehead atoms. The van der Waals surface area contributed by atoms with E-state index < -0.39 is 6.10 Å². The largest absolute Gasteiger partial charge is 0.388 e. The highest BCUT2D eigenvalue weighted by atomic mass is 16.3. The van der Waals surface area contributed by atoms with Gasteiger partial charge in [-0.2, -0.15) is 0 Å². The maximum absolute atomic E-state index is 10.4. The molecule has 1 aliphatic rings. The second-order valence-corrected chi connectivity index (χ2v) is 6.22. The van der Waals surface area contributed by atoms with E-state index in [2.05, 4.69) is 48.5 Å². The van der Waals surface area contributed by atoms with E-state index in [1.165, 1.54) is 22.3 Å². The van der Waals surface area contributed by atoms with E-state index in [0.29, 0.717) is 6.54 Å². The Morgan fingerprint density at radius 1 is 0.955 bits per heavy atom. The normalized spacial score (nSPS) is 15.0. The van der Waals surface area contributed by atoms with Crippen molar-refractivity contribution in [3.8, 4) is 0 Å². The monoisotopic (exact) mass is 293 g/mol. The van der Waals surface area contributed by atoms with Crippen molar-refractivity contribution in [1.29, 1.82) is 0 Å². The summed E-state index contributed by atoms with van der Waals surface area (Å²) in [7, 11) is 3.97. The maximum atomic E-state index is 10.4. The summed E-state index contributed by atoms with van der Waals surface area (Å²) in [6.07, 6.45) is 3.65. The number of aliphatic hydroxyl groups excluding tert-OH is 1. The first-order valence-electron chi connectivity index (χ1n) is 7.86. The first-order chi connectivity index (χ1) is 10.6. The Morgan fingerprint density at radius 2 is 1.45 bits per heavy atom. The van der Waals surface area contributed by atoms with Gasteiger partial charge in [0, 0.05) is 6.54 Å². The van der Waals surface area contributed by atoms with Crippen LogP contribution in [0, 0.1) is 0 Å². The molecule has 1 unspecified atom stereocenters. The van der Waals surface area contributed by atoms with E-state index in [4.69, 9.17) is 0 Å². The molecule has 1 atom stereocenters. The average Bonchev–Trinajstić information content (AvgIpc) is 2.65. The second-order valence-electron chi connectivity index (χ2n) is 6.22. The van der Waals surface area contributed by atoms with Gasteiger partial charge in [0.1, 0.15) is 0 Å². The molecule has 0 amide bonds. The number of fused-ring (bicyclic) bond motifs is 2. The van der Waals surface area contributed by atoms with Gasteiger partial charge >= 0.3 is 0 Å². The smallest absolute Gasteiger partial charge is 0.0856 e. The van der Waals surface area contributed by atoms with Crippen LogP contribution in [0.15, 0.2) is 54.6 Å². The zero-order chi connectivity index (χ0) is 15.5. The van der Waals surface area contributed by atoms with Gasteiger partial charge in [-0.3, -0.25) is 0 Å². The number of hydrogen-bond acceptors (Lipinski definition) is 2. The zero-order valence-electron chi connectivity index (χ0n) is 13.3. The molecule has 2 aromatic rings. The lowest BCUT2D eigenvalue weighted by Crippen LogP contribution is -2.24. The van der Waals surface area contributed by atoms with Crippen LogP contribution in [0.2, 0.25) is 0 Å². The van der Waals surface area contributed by atoms with Gasteiger partial charge in [-0.1, -0.05) is 48.5 Å². The number of likely N-dealkylation sites (N-methyl/N-ethyl adjacent to an activating group) is 1. The third kappa shape index (κ3) is 3.13. The summed E-state index contributed by atoms with van der Waals surface area (Å²) < 4.78 is 0. The van der Waals surface area contributed by atoms with E-state index in [0.717, 1.165) is 18.4 Å². The molecule has 0 fully saturated rings. The Morgan fingerprint density at radius 3 is 1.95 bits per heavy atom. The first-order valence-corrected chi connectivity index (χ1v) is 7.86. The Hall–Kier alpha value is -1.90. The van der Waals surface area contributed by atoms with Gasteiger partial charge < -0.3 is 10.0 Å². The third-order valence-electron chi connectivity index (χ3n) is 4.19. The summed E-state index contributed by atoms with van der Waals surface area (Å²) in [5.74, 6) is 0. The molecule has 1 aliphatic carbocycles. The van der Waals surface area contributed by atoms with Crippen molar-refractivity contribution < 1.29 is 5.11 Å². The average molecular weight is 293 g/mol. The number of aryl methyl sites for hydroxylation is 2. The molecule has 0 aromatic heterocycles. The highest BCUT2D eigenvalue weighted by Crippen LogP contribution is 2.33. The Bertz CT molecular complexity index is 638. The summed E-state index contributed by atoms with van der Waals surface area (Å²) in [5.41, 5.74) is 6.40. The van der Waals surface area contributed by atoms with E-state index in [-0.39, 0.29) is 0 Å². The number of rotatable bonds is 3. The van der Waals surface area contributed by atoms with E-state index >= 15 is 0 Å². The number of nitrogens with zero attached hydrogens (tertiary/aromatic N) is 1. The van der Waals surface area contributed by atoms with Gasteiger partial charge in [-0.15, -0.1) is 0 Å². The van der Waals surface area contributed by atoms with E-state index in [9.17, 15) is 5.11 Å². The molecule has 1 N–H and O–H groups in total. The van der Waals surface area contributed by atoms with Crippen LogP contribution in [-0.4, -0.2) is 36.8 Å². The summed E-state index contributed by atoms with van der Waals surface area (Å²) in [4.78, 5) is 2.01. The van der Waals surface area contributed by atoms with Crippen LogP contribution in [0.25, 0.3) is 5.57 Å². The second kappa shape index (κ2) is 6.47. The summed E-state index contributed by atoms with van der Waals surface area (Å²) in [6.45, 7) is 0.633. The Kier molecular flexibility index (Phi) is 4.41. The minimum atomic E-state index is -0.468. The molecule has 0 radical (unpaired) electrons. The van der Waals surface area contributed by atoms with Gasteiger partial charge in [0.25, 0.3) is 0 Å². The highest BCUT2D eigenvalue weighted by molar-refractivity contribution is 5.84. The van der Waals surface area contributed by atoms with Crippen molar-refractivity contribution in [1.82, 2.24) is 4.90 Å². The molecule has 0 saturated heterocycles. The van der Waals surface area contributed by atoms with Gasteiger partial charge in [-0.25, -0.2) is 0 Å². The first kappa shape index (κ1) is 15.0. The Labute approximate surface area is 132 Å². The fraction of sp³-hybridized carbons (Fsp3) is 0.300. The van der Waals surface area contributed by atoms with Crippen LogP contribution in [0.1, 0.15) is 22.3 Å². The third-order valence-corrected chi connectivity index (χ3v) is 4.19. The quantitative estimate of drug-likeness (QED) is 0.940. The molecule has 0 aliphatic heterocycles. The maximum Gasteiger partial charge on any atom is 0.0856 e. The zero-order valence-corrected chi connectivity index (χ0v) is 13.3. The fourth-order valence-electron chi connectivity index (χ4n) is 3.22. The summed E-state index contributed by atoms with van der Waals surface area (Å²) in [6, 6.07) is 17.1. The lowest BCUT2D eigenvalue weighted by molar-refractivity contribution is 0.179. The lowest BCUT2D eigenvalue weighted by Gasteiger charge is -2.17. The Balaban J connectivity index is 2.12. The predicted octanol–water partition coefficient (Wildman–Crippen LogP) is 3.14. The summed E-state index contributed by atoms with van der Waals surface area (Å²) >= 11 is 0. The number of hydrogen-bond donors (Lipinski definition) is 1. The van der Waals surface area contributed by atoms with E-state index in [1.807, 2.05) is 25.1 Å². The molecule has 0 saturated carbocycles. The number of benzene rings is 2. The van der Waals surface area contributed by atoms with Crippen LogP contribution in [0.5, 0.6) is 0 Å². The molecule has 2 aromatic carbocycles. The van der Waals surface area contributed by atoms with Crippen LogP contribution in [0.4, 0.5) is 0 Å². The minimum absolute atomic E-state index is 0.468. The van der Waals surface area contributed by atoms with E-state index in [1.54, 1.807) is 0 Å². The van der Waals surface area contributed by atoms with Crippen molar-refractivity contribution in [3.63, 3.8) is 0 Å². The van der Waals surface area contributed by atoms with Crippen LogP contribution in [0.3, 0.4) is 0 Å². The minimum Gasteiger partial charge on any atom is -0.388 e. The molecular formula is C20H23NO. The van der Waals surface area contributed by atoms with Crippen LogP contribution in [-0.2, 0) is 12.8 Å². The topological polar surface area (TPSA) is 23.5 Å². The molecule has 0 heterocycles. The summed E-state index contributed by atoms with van der Waals surface area (Å²) in [5, 5.41) is 10.4. The number of aliphatic hydroxyl groups is 1. The fourth-order valence-corrected chi connectivity index (χ4v) is 3.22. The van der Waals surface area contributed by atoms with Gasteiger partial charge in [0.15, 0.2) is 0 Å². The molecule has 2 heteroatoms. The van der Waals surface area contributed by atoms with Gasteiger partial charge in [0.2, 0.25) is 0 Å². The predicted molar refractivity (Wildman–Crippen MR) is 91.9 cm³/mol. The molecule has 3 rings (SSSR count).